The Hall–Kier alpha value is -0.860. The highest BCUT2D eigenvalue weighted by Gasteiger charge is 2.38. The fraction of sp³-hybridized carbons (Fsp3) is 0.647. The van der Waals surface area contributed by atoms with E-state index in [1.165, 1.54) is 37.7 Å². The molecule has 1 saturated carbocycles. The minimum Gasteiger partial charge on any atom is -0.312 e. The van der Waals surface area contributed by atoms with Gasteiger partial charge in [-0.25, -0.2) is 0 Å². The van der Waals surface area contributed by atoms with Crippen molar-refractivity contribution in [2.75, 3.05) is 20.6 Å². The second-order valence-electron chi connectivity index (χ2n) is 6.28. The third-order valence-corrected chi connectivity index (χ3v) is 4.72. The van der Waals surface area contributed by atoms with Crippen molar-refractivity contribution in [3.63, 3.8) is 0 Å². The van der Waals surface area contributed by atoms with Crippen LogP contribution in [0.25, 0.3) is 0 Å². The Labute approximate surface area is 118 Å². The van der Waals surface area contributed by atoms with Gasteiger partial charge in [0.1, 0.15) is 0 Å². The zero-order valence-electron chi connectivity index (χ0n) is 12.7. The predicted octanol–water partition coefficient (Wildman–Crippen LogP) is 3.08. The summed E-state index contributed by atoms with van der Waals surface area (Å²) in [5.41, 5.74) is 1.88. The van der Waals surface area contributed by atoms with Crippen LogP contribution in [0.3, 0.4) is 0 Å². The average molecular weight is 260 g/mol. The number of likely N-dealkylation sites (N-methyl/N-ethyl adjacent to an activating group) is 1. The van der Waals surface area contributed by atoms with E-state index in [4.69, 9.17) is 0 Å². The molecule has 1 aromatic rings. The fourth-order valence-electron chi connectivity index (χ4n) is 2.86. The number of nitrogens with zero attached hydrogens (tertiary/aromatic N) is 1. The Morgan fingerprint density at radius 1 is 1.21 bits per heavy atom. The molecule has 2 rings (SSSR count). The van der Waals surface area contributed by atoms with E-state index < -0.39 is 0 Å². The first-order chi connectivity index (χ1) is 9.12. The smallest absolute Gasteiger partial charge is 0.0328 e. The first-order valence-corrected chi connectivity index (χ1v) is 7.57. The molecule has 1 N–H and O–H groups in total. The van der Waals surface area contributed by atoms with Gasteiger partial charge in [-0.3, -0.25) is 0 Å². The maximum Gasteiger partial charge on any atom is 0.0328 e. The summed E-state index contributed by atoms with van der Waals surface area (Å²) in [4.78, 5) is 2.41. The Morgan fingerprint density at radius 3 is 2.42 bits per heavy atom. The van der Waals surface area contributed by atoms with E-state index in [1.807, 2.05) is 0 Å². The summed E-state index contributed by atoms with van der Waals surface area (Å²) in [5, 5.41) is 3.74. The molecule has 0 saturated heterocycles. The zero-order chi connectivity index (χ0) is 13.7. The van der Waals surface area contributed by atoms with Crippen LogP contribution in [0.5, 0.6) is 0 Å². The lowest BCUT2D eigenvalue weighted by Crippen LogP contribution is -2.57. The second kappa shape index (κ2) is 6.53. The molecule has 1 aliphatic carbocycles. The highest BCUT2D eigenvalue weighted by molar-refractivity contribution is 5.14. The van der Waals surface area contributed by atoms with E-state index >= 15 is 0 Å². The van der Waals surface area contributed by atoms with Gasteiger partial charge in [0.15, 0.2) is 0 Å². The van der Waals surface area contributed by atoms with Crippen molar-refractivity contribution in [2.24, 2.45) is 0 Å². The molecule has 0 aliphatic heterocycles. The van der Waals surface area contributed by atoms with E-state index in [-0.39, 0.29) is 0 Å². The molecule has 0 spiro atoms. The van der Waals surface area contributed by atoms with Crippen LogP contribution >= 0.6 is 0 Å². The van der Waals surface area contributed by atoms with Crippen molar-refractivity contribution < 1.29 is 0 Å². The summed E-state index contributed by atoms with van der Waals surface area (Å²) in [7, 11) is 4.44. The summed E-state index contributed by atoms with van der Waals surface area (Å²) in [6.45, 7) is 3.45. The van der Waals surface area contributed by atoms with Crippen molar-refractivity contribution >= 4 is 0 Å². The van der Waals surface area contributed by atoms with Gasteiger partial charge >= 0.3 is 0 Å². The van der Waals surface area contributed by atoms with Gasteiger partial charge in [-0.05, 0) is 58.7 Å². The van der Waals surface area contributed by atoms with Crippen molar-refractivity contribution in [2.45, 2.75) is 50.6 Å². The van der Waals surface area contributed by atoms with Crippen LogP contribution in [-0.4, -0.2) is 37.1 Å². The number of benzene rings is 1. The van der Waals surface area contributed by atoms with Crippen molar-refractivity contribution in [3.8, 4) is 0 Å². The Kier molecular flexibility index (Phi) is 5.00. The van der Waals surface area contributed by atoms with Gasteiger partial charge in [0, 0.05) is 18.1 Å². The maximum atomic E-state index is 3.74. The van der Waals surface area contributed by atoms with E-state index in [0.717, 1.165) is 6.54 Å². The molecule has 0 heterocycles. The lowest BCUT2D eigenvalue weighted by molar-refractivity contribution is 0.0574. The molecule has 19 heavy (non-hydrogen) atoms. The number of hydrogen-bond acceptors (Lipinski definition) is 2. The highest BCUT2D eigenvalue weighted by atomic mass is 15.2. The van der Waals surface area contributed by atoms with Crippen molar-refractivity contribution in [1.29, 1.82) is 0 Å². The van der Waals surface area contributed by atoms with Crippen LogP contribution in [0.15, 0.2) is 30.3 Å². The number of aryl methyl sites for hydroxylation is 1. The van der Waals surface area contributed by atoms with Crippen LogP contribution in [0.2, 0.25) is 0 Å². The normalized spacial score (nSPS) is 19.2. The van der Waals surface area contributed by atoms with Crippen molar-refractivity contribution in [3.05, 3.63) is 35.9 Å². The Morgan fingerprint density at radius 2 is 1.89 bits per heavy atom. The SMILES string of the molecule is CC(CCc1ccccc1)NCC1(N(C)C)CCC1. The molecule has 1 aliphatic rings. The lowest BCUT2D eigenvalue weighted by Gasteiger charge is -2.48. The maximum absolute atomic E-state index is 3.74. The van der Waals surface area contributed by atoms with Crippen LogP contribution in [0, 0.1) is 0 Å². The minimum absolute atomic E-state index is 0.432. The van der Waals surface area contributed by atoms with Gasteiger partial charge in [-0.2, -0.15) is 0 Å². The molecule has 2 nitrogen and oxygen atoms in total. The van der Waals surface area contributed by atoms with Gasteiger partial charge in [0.25, 0.3) is 0 Å². The quantitative estimate of drug-likeness (QED) is 0.810. The third kappa shape index (κ3) is 3.80. The molecule has 1 aromatic carbocycles. The van der Waals surface area contributed by atoms with Gasteiger partial charge in [0.05, 0.1) is 0 Å². The van der Waals surface area contributed by atoms with Gasteiger partial charge in [-0.1, -0.05) is 30.3 Å². The van der Waals surface area contributed by atoms with E-state index in [9.17, 15) is 0 Å². The molecule has 106 valence electrons. The molecule has 1 unspecified atom stereocenters. The molecule has 1 atom stereocenters. The lowest BCUT2D eigenvalue weighted by atomic mass is 9.75. The van der Waals surface area contributed by atoms with Crippen LogP contribution in [0.1, 0.15) is 38.2 Å². The van der Waals surface area contributed by atoms with E-state index in [1.54, 1.807) is 0 Å². The second-order valence-corrected chi connectivity index (χ2v) is 6.28. The average Bonchev–Trinajstić information content (AvgIpc) is 2.36. The van der Waals surface area contributed by atoms with Crippen molar-refractivity contribution in [1.82, 2.24) is 10.2 Å². The van der Waals surface area contributed by atoms with E-state index in [0.29, 0.717) is 11.6 Å². The number of nitrogens with one attached hydrogen (secondary N) is 1. The first kappa shape index (κ1) is 14.5. The summed E-state index contributed by atoms with van der Waals surface area (Å²) in [5.74, 6) is 0. The summed E-state index contributed by atoms with van der Waals surface area (Å²) >= 11 is 0. The molecule has 0 amide bonds. The van der Waals surface area contributed by atoms with Gasteiger partial charge < -0.3 is 10.2 Å². The zero-order valence-corrected chi connectivity index (χ0v) is 12.7. The van der Waals surface area contributed by atoms with Crippen LogP contribution in [0.4, 0.5) is 0 Å². The molecule has 0 aromatic heterocycles. The Balaban J connectivity index is 1.71. The predicted molar refractivity (Wildman–Crippen MR) is 82.5 cm³/mol. The molecular weight excluding hydrogens is 232 g/mol. The molecule has 0 radical (unpaired) electrons. The third-order valence-electron chi connectivity index (χ3n) is 4.72. The Bertz CT molecular complexity index is 368. The van der Waals surface area contributed by atoms with E-state index in [2.05, 4.69) is 61.6 Å². The summed E-state index contributed by atoms with van der Waals surface area (Å²) < 4.78 is 0. The first-order valence-electron chi connectivity index (χ1n) is 7.57. The topological polar surface area (TPSA) is 15.3 Å². The molecular formula is C17H28N2. The highest BCUT2D eigenvalue weighted by Crippen LogP contribution is 2.35. The van der Waals surface area contributed by atoms with Crippen LogP contribution < -0.4 is 5.32 Å². The minimum atomic E-state index is 0.432. The number of hydrogen-bond donors (Lipinski definition) is 1. The van der Waals surface area contributed by atoms with Crippen LogP contribution in [-0.2, 0) is 6.42 Å². The van der Waals surface area contributed by atoms with Gasteiger partial charge in [-0.15, -0.1) is 0 Å². The summed E-state index contributed by atoms with van der Waals surface area (Å²) in [6, 6.07) is 11.4. The standard InChI is InChI=1S/C17H28N2/c1-15(10-11-16-8-5-4-6-9-16)18-14-17(19(2)3)12-7-13-17/h4-6,8-9,15,18H,7,10-14H2,1-3H3. The monoisotopic (exact) mass is 260 g/mol. The molecule has 0 bridgehead atoms. The molecule has 2 heteroatoms. The summed E-state index contributed by atoms with van der Waals surface area (Å²) in [6.07, 6.45) is 6.46. The largest absolute Gasteiger partial charge is 0.312 e. The molecule has 1 fully saturated rings. The van der Waals surface area contributed by atoms with Gasteiger partial charge in [0.2, 0.25) is 0 Å². The fourth-order valence-corrected chi connectivity index (χ4v) is 2.86. The number of rotatable bonds is 7.